The van der Waals surface area contributed by atoms with E-state index in [0.29, 0.717) is 0 Å². The van der Waals surface area contributed by atoms with E-state index < -0.39 is 0 Å². The fourth-order valence-corrected chi connectivity index (χ4v) is 13.8. The molecule has 10 heteroatoms. The summed E-state index contributed by atoms with van der Waals surface area (Å²) in [5.74, 6) is 0. The average Bonchev–Trinajstić information content (AvgIpc) is 3.98. The predicted molar refractivity (Wildman–Crippen MR) is 336 cm³/mol. The number of rotatable bonds is 5. The zero-order valence-electron chi connectivity index (χ0n) is 45.9. The van der Waals surface area contributed by atoms with Gasteiger partial charge in [0.15, 0.2) is 0 Å². The molecule has 0 spiro atoms. The molecule has 0 N–H and O–H groups in total. The first-order valence-corrected chi connectivity index (χ1v) is 30.2. The van der Waals surface area contributed by atoms with Gasteiger partial charge in [0.05, 0.1) is 46.0 Å². The second-order valence-corrected chi connectivity index (χ2v) is 24.4. The fourth-order valence-electron chi connectivity index (χ4n) is 12.4. The van der Waals surface area contributed by atoms with Gasteiger partial charge in [0.1, 0.15) is 11.3 Å². The van der Waals surface area contributed by atoms with Crippen LogP contribution in [0.1, 0.15) is 135 Å². The van der Waals surface area contributed by atoms with Gasteiger partial charge in [0.2, 0.25) is 0 Å². The average molecular weight is 1260 g/mol. The van der Waals surface area contributed by atoms with Gasteiger partial charge in [-0.2, -0.15) is 0 Å². The molecule has 404 valence electrons. The van der Waals surface area contributed by atoms with Crippen molar-refractivity contribution in [2.45, 2.75) is 135 Å². The summed E-state index contributed by atoms with van der Waals surface area (Å²) < 4.78 is 18.9. The molecule has 0 amide bonds. The van der Waals surface area contributed by atoms with Crippen molar-refractivity contribution >= 4 is 105 Å². The Labute approximate surface area is 496 Å². The second-order valence-electron chi connectivity index (χ2n) is 22.7. The van der Waals surface area contributed by atoms with E-state index >= 15 is 0 Å². The van der Waals surface area contributed by atoms with Crippen molar-refractivity contribution in [3.8, 4) is 22.5 Å². The molecule has 3 aliphatic carbocycles. The molecule has 6 aromatic carbocycles. The number of halogens is 2. The molecule has 1 aliphatic heterocycles. The minimum absolute atomic E-state index is 0. The van der Waals surface area contributed by atoms with Crippen molar-refractivity contribution < 1.29 is 29.7 Å². The molecule has 0 saturated carbocycles. The van der Waals surface area contributed by atoms with Crippen LogP contribution in [0.3, 0.4) is 0 Å². The first-order chi connectivity index (χ1) is 38.1. The zero-order valence-corrected chi connectivity index (χ0v) is 50.7. The van der Waals surface area contributed by atoms with Crippen LogP contribution >= 0.6 is 31.9 Å². The molecular formula is C69H69BBr2N4O2Pd. The normalized spacial score (nSPS) is 17.4. The van der Waals surface area contributed by atoms with Crippen LogP contribution in [0.15, 0.2) is 178 Å². The van der Waals surface area contributed by atoms with Gasteiger partial charge in [-0.1, -0.05) is 185 Å². The third-order valence-corrected chi connectivity index (χ3v) is 18.5. The van der Waals surface area contributed by atoms with Crippen LogP contribution in [0.5, 0.6) is 0 Å². The number of aromatic nitrogens is 4. The number of benzene rings is 6. The van der Waals surface area contributed by atoms with Gasteiger partial charge in [-0.25, -0.2) is 9.97 Å². The molecule has 5 heterocycles. The molecule has 0 radical (unpaired) electrons. The maximum absolute atomic E-state index is 6.07. The van der Waals surface area contributed by atoms with E-state index in [-0.39, 0.29) is 38.7 Å². The van der Waals surface area contributed by atoms with Crippen LogP contribution in [-0.2, 0) is 29.7 Å². The number of allylic oxidation sites excluding steroid dienone is 6. The molecular weight excluding hydrogens is 1190 g/mol. The second kappa shape index (κ2) is 24.0. The van der Waals surface area contributed by atoms with Crippen molar-refractivity contribution in [3.63, 3.8) is 0 Å². The van der Waals surface area contributed by atoms with E-state index in [1.165, 1.54) is 149 Å². The van der Waals surface area contributed by atoms with Crippen LogP contribution in [0.4, 0.5) is 0 Å². The van der Waals surface area contributed by atoms with Gasteiger partial charge in [-0.05, 0) is 161 Å². The van der Waals surface area contributed by atoms with Crippen molar-refractivity contribution in [2.24, 2.45) is 0 Å². The third kappa shape index (κ3) is 10.8. The van der Waals surface area contributed by atoms with E-state index in [4.69, 9.17) is 19.3 Å². The number of para-hydroxylation sites is 2. The van der Waals surface area contributed by atoms with Crippen LogP contribution in [-0.4, -0.2) is 37.1 Å². The third-order valence-electron chi connectivity index (χ3n) is 17.2. The fraction of sp³-hybridized carbons (Fsp3) is 0.304. The van der Waals surface area contributed by atoms with Gasteiger partial charge >= 0.3 is 7.12 Å². The van der Waals surface area contributed by atoms with E-state index in [1.807, 2.05) is 12.3 Å². The number of imidazole rings is 2. The van der Waals surface area contributed by atoms with E-state index in [2.05, 4.69) is 220 Å². The number of pyridine rings is 2. The van der Waals surface area contributed by atoms with Gasteiger partial charge < -0.3 is 9.31 Å². The monoisotopic (exact) mass is 1260 g/mol. The minimum Gasteiger partial charge on any atom is -0.400 e. The summed E-state index contributed by atoms with van der Waals surface area (Å²) >= 11 is 7.39. The van der Waals surface area contributed by atoms with Crippen molar-refractivity contribution in [3.05, 3.63) is 190 Å². The molecule has 0 atom stereocenters. The standard InChI is InChI=1S/C35H34N2.C21H12Br2N2.C13H23BO2.Pd/c1-2-6-15-25(14-5-1)27-21-13-22-28(26-16-7-3-4-8-17-26)34(27)33-24-36-35-31-20-10-9-18-29(31)30-19-11-12-23-32(30)37(33)35;22-16-9-5-10-17(23)20(16)19-12-24-21-15-8-2-1-6-13(15)14-7-3-4-11-18(14)25(19)21;1-12(2)13(3,4)16-14(15-12)11-9-7-5-6-8-10-11;/h9-14,16,18-24H,1-8,15,17H2;1-12H;9H,5-8,10H2,1-4H3;. The summed E-state index contributed by atoms with van der Waals surface area (Å²) in [5, 5.41) is 7.40. The quantitative estimate of drug-likeness (QED) is 0.127. The molecule has 14 rings (SSSR count). The number of hydrogen-bond donors (Lipinski definition) is 0. The smallest absolute Gasteiger partial charge is 0.400 e. The van der Waals surface area contributed by atoms with Gasteiger partial charge in [0, 0.05) is 62.0 Å². The maximum Gasteiger partial charge on any atom is 0.490 e. The zero-order chi connectivity index (χ0) is 53.4. The van der Waals surface area contributed by atoms with E-state index in [9.17, 15) is 0 Å². The number of fused-ring (bicyclic) bond motifs is 12. The van der Waals surface area contributed by atoms with Crippen LogP contribution in [0.2, 0.25) is 0 Å². The Morgan fingerprint density at radius 1 is 0.430 bits per heavy atom. The summed E-state index contributed by atoms with van der Waals surface area (Å²) in [6.07, 6.45) is 30.2. The van der Waals surface area contributed by atoms with Crippen molar-refractivity contribution in [1.29, 1.82) is 0 Å². The summed E-state index contributed by atoms with van der Waals surface area (Å²) in [7, 11) is -0.108. The molecule has 79 heavy (non-hydrogen) atoms. The maximum atomic E-state index is 6.07. The molecule has 0 bridgehead atoms. The summed E-state index contributed by atoms with van der Waals surface area (Å²) in [6, 6.07) is 47.7. The molecule has 10 aromatic rings. The SMILES string of the molecule is Brc1cccc(Br)c1-c1cnc2c3ccccc3c3ccccc3n12.C1=C(c2cccc(C3=CCCCCC3)c2-c2cnc3c4ccccc4c4ccccc4n23)CCCCC1.CC1(C)OB(C2=CCCCCC2)OC1(C)C.[Pd]. The molecule has 0 unspecified atom stereocenters. The van der Waals surface area contributed by atoms with E-state index in [0.717, 1.165) is 61.7 Å². The number of hydrogen-bond acceptors (Lipinski definition) is 4. The Balaban J connectivity index is 0.000000136. The Hall–Kier alpha value is -5.43. The van der Waals surface area contributed by atoms with Gasteiger partial charge in [-0.3, -0.25) is 8.80 Å². The van der Waals surface area contributed by atoms with Crippen molar-refractivity contribution in [1.82, 2.24) is 18.8 Å². The summed E-state index contributed by atoms with van der Waals surface area (Å²) in [5.41, 5.74) is 16.0. The topological polar surface area (TPSA) is 53.1 Å². The van der Waals surface area contributed by atoms with Crippen LogP contribution in [0, 0.1) is 0 Å². The first-order valence-electron chi connectivity index (χ1n) is 28.6. The van der Waals surface area contributed by atoms with E-state index in [1.54, 1.807) is 0 Å². The Kier molecular flexibility index (Phi) is 16.8. The molecule has 1 saturated heterocycles. The molecule has 1 fully saturated rings. The molecule has 4 aromatic heterocycles. The first kappa shape index (κ1) is 55.5. The largest absolute Gasteiger partial charge is 0.490 e. The summed E-state index contributed by atoms with van der Waals surface area (Å²) in [4.78, 5) is 9.88. The molecule has 6 nitrogen and oxygen atoms in total. The van der Waals surface area contributed by atoms with Gasteiger partial charge in [-0.15, -0.1) is 0 Å². The Morgan fingerprint density at radius 3 is 1.33 bits per heavy atom. The van der Waals surface area contributed by atoms with Crippen LogP contribution < -0.4 is 0 Å². The Bertz CT molecular complexity index is 3900. The predicted octanol–water partition coefficient (Wildman–Crippen LogP) is 20.3. The summed E-state index contributed by atoms with van der Waals surface area (Å²) in [6.45, 7) is 8.46. The number of nitrogens with zero attached hydrogens (tertiary/aromatic N) is 4. The van der Waals surface area contributed by atoms with Gasteiger partial charge in [0.25, 0.3) is 0 Å². The minimum atomic E-state index is -0.204. The van der Waals surface area contributed by atoms with Crippen molar-refractivity contribution in [2.75, 3.05) is 0 Å². The Morgan fingerprint density at radius 2 is 0.835 bits per heavy atom. The van der Waals surface area contributed by atoms with Crippen LogP contribution in [0.25, 0.3) is 88.3 Å². The molecule has 4 aliphatic rings.